The largest absolute Gasteiger partial charge is 0.477 e. The van der Waals surface area contributed by atoms with Gasteiger partial charge in [0.25, 0.3) is 0 Å². The first kappa shape index (κ1) is 16.6. The number of hydrogen-bond acceptors (Lipinski definition) is 4. The van der Waals surface area contributed by atoms with Gasteiger partial charge < -0.3 is 14.9 Å². The highest BCUT2D eigenvalue weighted by molar-refractivity contribution is 5.79. The summed E-state index contributed by atoms with van der Waals surface area (Å²) in [6.07, 6.45) is 5.53. The van der Waals surface area contributed by atoms with Crippen molar-refractivity contribution in [2.24, 2.45) is 23.2 Å². The van der Waals surface area contributed by atoms with E-state index in [0.717, 1.165) is 38.5 Å². The normalized spacial score (nSPS) is 38.2. The Morgan fingerprint density at radius 2 is 1.57 bits per heavy atom. The van der Waals surface area contributed by atoms with Gasteiger partial charge in [-0.05, 0) is 63.2 Å². The standard InChI is InChI=1S/C16H22F2O5/c1-14(22,16(17,18)12(19)20)8-23-13(21)15-5-9-2-10(6-15)4-11(3-9)7-15/h9-11,22H,2-8H2,1H3,(H,19,20). The minimum atomic E-state index is -4.38. The van der Waals surface area contributed by atoms with Crippen molar-refractivity contribution in [1.82, 2.24) is 0 Å². The Hall–Kier alpha value is -1.24. The molecule has 4 aliphatic rings. The zero-order valence-electron chi connectivity index (χ0n) is 13.1. The van der Waals surface area contributed by atoms with Crippen molar-refractivity contribution < 1.29 is 33.3 Å². The molecule has 23 heavy (non-hydrogen) atoms. The van der Waals surface area contributed by atoms with E-state index in [2.05, 4.69) is 0 Å². The molecular weight excluding hydrogens is 310 g/mol. The highest BCUT2D eigenvalue weighted by Crippen LogP contribution is 2.60. The van der Waals surface area contributed by atoms with Gasteiger partial charge in [-0.25, -0.2) is 4.79 Å². The summed E-state index contributed by atoms with van der Waals surface area (Å²) in [7, 11) is 0. The van der Waals surface area contributed by atoms with Crippen LogP contribution in [0.3, 0.4) is 0 Å². The van der Waals surface area contributed by atoms with Crippen LogP contribution in [0.2, 0.25) is 0 Å². The third-order valence-electron chi connectivity index (χ3n) is 5.90. The number of hydrogen-bond donors (Lipinski definition) is 2. The molecule has 0 heterocycles. The fourth-order valence-corrected chi connectivity index (χ4v) is 5.04. The van der Waals surface area contributed by atoms with Crippen molar-refractivity contribution in [2.45, 2.75) is 57.0 Å². The summed E-state index contributed by atoms with van der Waals surface area (Å²) >= 11 is 0. The van der Waals surface area contributed by atoms with Crippen molar-refractivity contribution in [1.29, 1.82) is 0 Å². The van der Waals surface area contributed by atoms with Gasteiger partial charge in [0.05, 0.1) is 5.41 Å². The van der Waals surface area contributed by atoms with Crippen LogP contribution in [0.4, 0.5) is 8.78 Å². The van der Waals surface area contributed by atoms with Gasteiger partial charge in [0.1, 0.15) is 6.61 Å². The summed E-state index contributed by atoms with van der Waals surface area (Å²) in [6, 6.07) is 0. The summed E-state index contributed by atoms with van der Waals surface area (Å²) in [5.41, 5.74) is -3.56. The molecule has 0 aromatic carbocycles. The molecule has 5 nitrogen and oxygen atoms in total. The van der Waals surface area contributed by atoms with Gasteiger partial charge >= 0.3 is 17.9 Å². The average Bonchev–Trinajstić information content (AvgIpc) is 2.42. The lowest BCUT2D eigenvalue weighted by Gasteiger charge is -2.55. The van der Waals surface area contributed by atoms with Crippen molar-refractivity contribution in [3.05, 3.63) is 0 Å². The van der Waals surface area contributed by atoms with E-state index in [9.17, 15) is 23.5 Å². The molecule has 4 fully saturated rings. The van der Waals surface area contributed by atoms with Gasteiger partial charge in [-0.3, -0.25) is 4.79 Å². The Labute approximate surface area is 133 Å². The number of carboxylic acid groups (broad SMARTS) is 1. The van der Waals surface area contributed by atoms with Gasteiger partial charge in [-0.2, -0.15) is 8.78 Å². The van der Waals surface area contributed by atoms with Crippen LogP contribution in [-0.2, 0) is 14.3 Å². The molecule has 0 aliphatic heterocycles. The highest BCUT2D eigenvalue weighted by Gasteiger charge is 2.59. The number of rotatable bonds is 5. The van der Waals surface area contributed by atoms with Crippen molar-refractivity contribution in [2.75, 3.05) is 6.61 Å². The average molecular weight is 332 g/mol. The number of carbonyl (C=O) groups is 2. The van der Waals surface area contributed by atoms with E-state index >= 15 is 0 Å². The molecule has 0 amide bonds. The van der Waals surface area contributed by atoms with Crippen LogP contribution in [0.15, 0.2) is 0 Å². The molecular formula is C16H22F2O5. The summed E-state index contributed by atoms with van der Waals surface area (Å²) in [5.74, 6) is -5.89. The second-order valence-electron chi connectivity index (χ2n) is 7.93. The molecule has 130 valence electrons. The lowest BCUT2D eigenvalue weighted by molar-refractivity contribution is -0.220. The van der Waals surface area contributed by atoms with Crippen molar-refractivity contribution in [3.63, 3.8) is 0 Å². The summed E-state index contributed by atoms with van der Waals surface area (Å²) in [5, 5.41) is 18.3. The quantitative estimate of drug-likeness (QED) is 0.754. The zero-order chi connectivity index (χ0) is 17.0. The Balaban J connectivity index is 1.67. The van der Waals surface area contributed by atoms with Crippen LogP contribution in [0, 0.1) is 23.2 Å². The van der Waals surface area contributed by atoms with E-state index in [4.69, 9.17) is 9.84 Å². The molecule has 0 aromatic rings. The predicted octanol–water partition coefficient (Wildman–Crippen LogP) is 2.22. The number of ether oxygens (including phenoxy) is 1. The second-order valence-corrected chi connectivity index (χ2v) is 7.93. The first-order valence-corrected chi connectivity index (χ1v) is 8.06. The first-order valence-electron chi connectivity index (χ1n) is 8.06. The molecule has 0 radical (unpaired) electrons. The maximum atomic E-state index is 13.5. The smallest absolute Gasteiger partial charge is 0.377 e. The SMILES string of the molecule is CC(O)(COC(=O)C12CC3CC(CC(C3)C1)C2)C(F)(F)C(=O)O. The molecule has 1 atom stereocenters. The Kier molecular flexibility index (Phi) is 3.70. The lowest BCUT2D eigenvalue weighted by Crippen LogP contribution is -2.56. The van der Waals surface area contributed by atoms with Crippen LogP contribution in [0.25, 0.3) is 0 Å². The maximum Gasteiger partial charge on any atom is 0.377 e. The molecule has 4 aliphatic carbocycles. The third-order valence-corrected chi connectivity index (χ3v) is 5.90. The number of alkyl halides is 2. The van der Waals surface area contributed by atoms with E-state index in [1.54, 1.807) is 0 Å². The maximum absolute atomic E-state index is 13.5. The van der Waals surface area contributed by atoms with Gasteiger partial charge in [0, 0.05) is 0 Å². The van der Waals surface area contributed by atoms with Crippen LogP contribution >= 0.6 is 0 Å². The van der Waals surface area contributed by atoms with E-state index in [1.807, 2.05) is 0 Å². The predicted molar refractivity (Wildman–Crippen MR) is 74.8 cm³/mol. The summed E-state index contributed by atoms with van der Waals surface area (Å²) < 4.78 is 32.0. The van der Waals surface area contributed by atoms with Gasteiger partial charge in [-0.1, -0.05) is 0 Å². The third kappa shape index (κ3) is 2.62. The number of carbonyl (C=O) groups excluding carboxylic acids is 1. The Morgan fingerprint density at radius 1 is 1.13 bits per heavy atom. The fourth-order valence-electron chi connectivity index (χ4n) is 5.04. The van der Waals surface area contributed by atoms with Gasteiger partial charge in [0.15, 0.2) is 5.60 Å². The zero-order valence-corrected chi connectivity index (χ0v) is 13.1. The number of esters is 1. The summed E-state index contributed by atoms with van der Waals surface area (Å²) in [6.45, 7) is -0.346. The first-order chi connectivity index (χ1) is 10.6. The van der Waals surface area contributed by atoms with Crippen molar-refractivity contribution >= 4 is 11.9 Å². The molecule has 4 rings (SSSR count). The molecule has 7 heteroatoms. The number of carboxylic acids is 1. The monoisotopic (exact) mass is 332 g/mol. The highest BCUT2D eigenvalue weighted by atomic mass is 19.3. The molecule has 0 spiro atoms. The van der Waals surface area contributed by atoms with E-state index in [1.165, 1.54) is 0 Å². The molecule has 4 bridgehead atoms. The van der Waals surface area contributed by atoms with E-state index < -0.39 is 35.5 Å². The van der Waals surface area contributed by atoms with Crippen LogP contribution < -0.4 is 0 Å². The minimum Gasteiger partial charge on any atom is -0.477 e. The van der Waals surface area contributed by atoms with E-state index in [0.29, 0.717) is 24.7 Å². The van der Waals surface area contributed by atoms with Crippen LogP contribution in [0.5, 0.6) is 0 Å². The van der Waals surface area contributed by atoms with Crippen LogP contribution in [0.1, 0.15) is 45.4 Å². The van der Waals surface area contributed by atoms with Gasteiger partial charge in [0.2, 0.25) is 0 Å². The fraction of sp³-hybridized carbons (Fsp3) is 0.875. The van der Waals surface area contributed by atoms with E-state index in [-0.39, 0.29) is 0 Å². The number of aliphatic carboxylic acids is 1. The molecule has 1 unspecified atom stereocenters. The molecule has 2 N–H and O–H groups in total. The number of aliphatic hydroxyl groups is 1. The number of halogens is 2. The Bertz CT molecular complexity index is 493. The van der Waals surface area contributed by atoms with Crippen LogP contribution in [-0.4, -0.2) is 40.3 Å². The molecule has 4 saturated carbocycles. The van der Waals surface area contributed by atoms with Crippen molar-refractivity contribution in [3.8, 4) is 0 Å². The van der Waals surface area contributed by atoms with Gasteiger partial charge in [-0.15, -0.1) is 0 Å². The molecule has 0 saturated heterocycles. The lowest BCUT2D eigenvalue weighted by atomic mass is 9.49. The Morgan fingerprint density at radius 3 is 1.96 bits per heavy atom. The minimum absolute atomic E-state index is 0.495. The topological polar surface area (TPSA) is 83.8 Å². The molecule has 0 aromatic heterocycles. The summed E-state index contributed by atoms with van der Waals surface area (Å²) in [4.78, 5) is 23.1. The second kappa shape index (κ2) is 5.13.